The Kier molecular flexibility index (Phi) is 2.75. The van der Waals surface area contributed by atoms with E-state index in [0.717, 1.165) is 16.9 Å². The van der Waals surface area contributed by atoms with E-state index >= 15 is 0 Å². The molecule has 2 aromatic carbocycles. The molecule has 3 heteroatoms. The lowest BCUT2D eigenvalue weighted by Crippen LogP contribution is -2.45. The maximum absolute atomic E-state index is 12.7. The van der Waals surface area contributed by atoms with Gasteiger partial charge in [0.1, 0.15) is 0 Å². The first-order chi connectivity index (χ1) is 9.20. The van der Waals surface area contributed by atoms with Crippen molar-refractivity contribution in [2.24, 2.45) is 0 Å². The molecule has 0 radical (unpaired) electrons. The van der Waals surface area contributed by atoms with E-state index in [4.69, 9.17) is 0 Å². The van der Waals surface area contributed by atoms with Crippen molar-refractivity contribution in [2.45, 2.75) is 6.17 Å². The van der Waals surface area contributed by atoms with E-state index in [1.54, 1.807) is 0 Å². The lowest BCUT2D eigenvalue weighted by atomic mass is 10.1. The highest BCUT2D eigenvalue weighted by atomic mass is 16.1. The highest BCUT2D eigenvalue weighted by Crippen LogP contribution is 2.38. The van der Waals surface area contributed by atoms with Crippen molar-refractivity contribution in [3.8, 4) is 0 Å². The van der Waals surface area contributed by atoms with Crippen molar-refractivity contribution >= 4 is 17.2 Å². The molecule has 1 heterocycles. The second-order valence-electron chi connectivity index (χ2n) is 4.81. The monoisotopic (exact) mass is 252 g/mol. The number of nitrogens with zero attached hydrogens (tertiary/aromatic N) is 2. The number of likely N-dealkylation sites (N-methyl/N-ethyl adjacent to an activating group) is 2. The van der Waals surface area contributed by atoms with Gasteiger partial charge in [0.2, 0.25) is 5.78 Å². The second kappa shape index (κ2) is 4.43. The lowest BCUT2D eigenvalue weighted by Gasteiger charge is -2.26. The van der Waals surface area contributed by atoms with Crippen LogP contribution in [0.25, 0.3) is 0 Å². The van der Waals surface area contributed by atoms with Crippen molar-refractivity contribution in [3.63, 3.8) is 0 Å². The average Bonchev–Trinajstić information content (AvgIpc) is 2.72. The smallest absolute Gasteiger partial charge is 0.205 e. The first-order valence-electron chi connectivity index (χ1n) is 6.34. The summed E-state index contributed by atoms with van der Waals surface area (Å²) in [6.45, 7) is 0. The molecule has 0 atom stereocenters. The minimum absolute atomic E-state index is 0.127. The molecule has 0 aromatic heterocycles. The van der Waals surface area contributed by atoms with Gasteiger partial charge in [0.05, 0.1) is 11.4 Å². The zero-order valence-corrected chi connectivity index (χ0v) is 11.1. The molecule has 0 N–H and O–H groups in total. The van der Waals surface area contributed by atoms with E-state index in [1.165, 1.54) is 0 Å². The molecule has 1 aliphatic rings. The van der Waals surface area contributed by atoms with Crippen LogP contribution in [-0.4, -0.2) is 26.0 Å². The summed E-state index contributed by atoms with van der Waals surface area (Å²) in [5, 5.41) is 0. The third-order valence-electron chi connectivity index (χ3n) is 3.67. The van der Waals surface area contributed by atoms with Gasteiger partial charge in [-0.15, -0.1) is 0 Å². The lowest BCUT2D eigenvalue weighted by molar-refractivity contribution is 0.0962. The molecule has 0 unspecified atom stereocenters. The fraction of sp³-hybridized carbons (Fsp3) is 0.188. The quantitative estimate of drug-likeness (QED) is 0.768. The second-order valence-corrected chi connectivity index (χ2v) is 4.81. The van der Waals surface area contributed by atoms with Gasteiger partial charge < -0.3 is 9.80 Å². The van der Waals surface area contributed by atoms with E-state index in [1.807, 2.05) is 78.5 Å². The molecule has 1 aliphatic heterocycles. The molecule has 0 saturated carbocycles. The maximum Gasteiger partial charge on any atom is 0.205 e. The van der Waals surface area contributed by atoms with Crippen molar-refractivity contribution in [2.75, 3.05) is 23.9 Å². The van der Waals surface area contributed by atoms with Crippen LogP contribution in [0.15, 0.2) is 54.6 Å². The molecule has 0 spiro atoms. The fourth-order valence-electron chi connectivity index (χ4n) is 2.69. The number of Topliss-reactive ketones (excluding diaryl/α,β-unsaturated/α-hetero) is 1. The van der Waals surface area contributed by atoms with Crippen LogP contribution in [0, 0.1) is 0 Å². The number of hydrogen-bond donors (Lipinski definition) is 0. The summed E-state index contributed by atoms with van der Waals surface area (Å²) >= 11 is 0. The number of fused-ring (bicyclic) bond motifs is 1. The Labute approximate surface area is 113 Å². The topological polar surface area (TPSA) is 23.6 Å². The van der Waals surface area contributed by atoms with E-state index in [2.05, 4.69) is 0 Å². The number of carbonyl (C=O) groups is 1. The fourth-order valence-corrected chi connectivity index (χ4v) is 2.69. The SMILES string of the molecule is CN1c2ccccc2N(C)C1C(=O)c1ccccc1. The predicted octanol–water partition coefficient (Wildman–Crippen LogP) is 2.78. The molecule has 0 amide bonds. The number of benzene rings is 2. The van der Waals surface area contributed by atoms with Crippen molar-refractivity contribution in [3.05, 3.63) is 60.2 Å². The zero-order chi connectivity index (χ0) is 13.4. The Morgan fingerprint density at radius 1 is 0.842 bits per heavy atom. The van der Waals surface area contributed by atoms with Crippen LogP contribution >= 0.6 is 0 Å². The highest BCUT2D eigenvalue weighted by Gasteiger charge is 2.36. The van der Waals surface area contributed by atoms with Crippen LogP contribution in [0.5, 0.6) is 0 Å². The van der Waals surface area contributed by atoms with Crippen LogP contribution in [0.3, 0.4) is 0 Å². The van der Waals surface area contributed by atoms with Gasteiger partial charge in [0, 0.05) is 19.7 Å². The van der Waals surface area contributed by atoms with Crippen LogP contribution in [0.4, 0.5) is 11.4 Å². The van der Waals surface area contributed by atoms with Gasteiger partial charge in [-0.2, -0.15) is 0 Å². The largest absolute Gasteiger partial charge is 0.346 e. The summed E-state index contributed by atoms with van der Waals surface area (Å²) < 4.78 is 0. The van der Waals surface area contributed by atoms with Gasteiger partial charge >= 0.3 is 0 Å². The van der Waals surface area contributed by atoms with Crippen LogP contribution in [0.1, 0.15) is 10.4 Å². The summed E-state index contributed by atoms with van der Waals surface area (Å²) in [6.07, 6.45) is -0.264. The van der Waals surface area contributed by atoms with Crippen LogP contribution in [0.2, 0.25) is 0 Å². The molecule has 0 bridgehead atoms. The van der Waals surface area contributed by atoms with Crippen LogP contribution < -0.4 is 9.80 Å². The molecule has 19 heavy (non-hydrogen) atoms. The van der Waals surface area contributed by atoms with Crippen molar-refractivity contribution in [1.29, 1.82) is 0 Å². The van der Waals surface area contributed by atoms with Crippen LogP contribution in [-0.2, 0) is 0 Å². The van der Waals surface area contributed by atoms with E-state index in [9.17, 15) is 4.79 Å². The third kappa shape index (κ3) is 1.78. The van der Waals surface area contributed by atoms with Gasteiger partial charge in [0.15, 0.2) is 6.17 Å². The Morgan fingerprint density at radius 3 is 1.84 bits per heavy atom. The number of ketones is 1. The molecule has 3 rings (SSSR count). The third-order valence-corrected chi connectivity index (χ3v) is 3.67. The van der Waals surface area contributed by atoms with E-state index in [-0.39, 0.29) is 11.9 Å². The van der Waals surface area contributed by atoms with Crippen molar-refractivity contribution < 1.29 is 4.79 Å². The Bertz CT molecular complexity index is 580. The minimum atomic E-state index is -0.264. The Hall–Kier alpha value is -2.29. The first kappa shape index (κ1) is 11.8. The van der Waals surface area contributed by atoms with E-state index < -0.39 is 0 Å². The van der Waals surface area contributed by atoms with Gasteiger partial charge in [-0.05, 0) is 12.1 Å². The van der Waals surface area contributed by atoms with Gasteiger partial charge in [-0.3, -0.25) is 4.79 Å². The molecular formula is C16H16N2O. The molecule has 2 aromatic rings. The summed E-state index contributed by atoms with van der Waals surface area (Å²) in [5.41, 5.74) is 2.94. The number of anilines is 2. The maximum atomic E-state index is 12.7. The van der Waals surface area contributed by atoms with Crippen molar-refractivity contribution in [1.82, 2.24) is 0 Å². The molecule has 0 aliphatic carbocycles. The molecule has 0 fully saturated rings. The summed E-state index contributed by atoms with van der Waals surface area (Å²) in [7, 11) is 3.93. The zero-order valence-electron chi connectivity index (χ0n) is 11.1. The number of rotatable bonds is 2. The summed E-state index contributed by atoms with van der Waals surface area (Å²) in [5.74, 6) is 0.127. The standard InChI is InChI=1S/C16H16N2O/c1-17-13-10-6-7-11-14(13)18(2)16(17)15(19)12-8-4-3-5-9-12/h3-11,16H,1-2H3. The Morgan fingerprint density at radius 2 is 1.32 bits per heavy atom. The van der Waals surface area contributed by atoms with Gasteiger partial charge in [-0.1, -0.05) is 42.5 Å². The molecule has 96 valence electrons. The van der Waals surface area contributed by atoms with Gasteiger partial charge in [0.25, 0.3) is 0 Å². The Balaban J connectivity index is 1.98. The average molecular weight is 252 g/mol. The molecule has 3 nitrogen and oxygen atoms in total. The number of carbonyl (C=O) groups excluding carboxylic acids is 1. The summed E-state index contributed by atoms with van der Waals surface area (Å²) in [6, 6.07) is 17.5. The number of hydrogen-bond acceptors (Lipinski definition) is 3. The van der Waals surface area contributed by atoms with Gasteiger partial charge in [-0.25, -0.2) is 0 Å². The number of para-hydroxylation sites is 2. The molecule has 0 saturated heterocycles. The highest BCUT2D eigenvalue weighted by molar-refractivity contribution is 6.06. The normalized spacial score (nSPS) is 14.6. The first-order valence-corrected chi connectivity index (χ1v) is 6.34. The van der Waals surface area contributed by atoms with E-state index in [0.29, 0.717) is 0 Å². The minimum Gasteiger partial charge on any atom is -0.346 e. The molecular weight excluding hydrogens is 236 g/mol. The predicted molar refractivity (Wildman–Crippen MR) is 77.8 cm³/mol. The summed E-state index contributed by atoms with van der Waals surface area (Å²) in [4.78, 5) is 16.7.